The molecule has 0 radical (unpaired) electrons. The van der Waals surface area contributed by atoms with Gasteiger partial charge in [0.15, 0.2) is 0 Å². The second kappa shape index (κ2) is 6.51. The van der Waals surface area contributed by atoms with E-state index in [9.17, 15) is 13.2 Å². The van der Waals surface area contributed by atoms with E-state index in [1.807, 2.05) is 31.1 Å². The number of nitrogens with one attached hydrogen (secondary N) is 1. The van der Waals surface area contributed by atoms with Gasteiger partial charge in [-0.15, -0.1) is 0 Å². The molecule has 0 amide bonds. The fourth-order valence-corrected chi connectivity index (χ4v) is 2.66. The quantitative estimate of drug-likeness (QED) is 0.642. The maximum Gasteiger partial charge on any atom is 0.451 e. The molecule has 0 aliphatic carbocycles. The van der Waals surface area contributed by atoms with Crippen molar-refractivity contribution >= 4 is 44.0 Å². The number of aromatic nitrogens is 2. The van der Waals surface area contributed by atoms with Crippen molar-refractivity contribution in [3.05, 3.63) is 52.8 Å². The van der Waals surface area contributed by atoms with E-state index in [1.54, 1.807) is 24.3 Å². The van der Waals surface area contributed by atoms with Crippen molar-refractivity contribution in [3.8, 4) is 0 Å². The molecule has 130 valence electrons. The van der Waals surface area contributed by atoms with Gasteiger partial charge < -0.3 is 10.2 Å². The maximum absolute atomic E-state index is 13.1. The predicted octanol–water partition coefficient (Wildman–Crippen LogP) is 5.22. The molecule has 0 aliphatic heterocycles. The summed E-state index contributed by atoms with van der Waals surface area (Å²) in [6.45, 7) is 0. The van der Waals surface area contributed by atoms with Crippen LogP contribution in [0.25, 0.3) is 10.9 Å². The van der Waals surface area contributed by atoms with Gasteiger partial charge in [0.2, 0.25) is 5.82 Å². The Balaban J connectivity index is 2.08. The van der Waals surface area contributed by atoms with Crippen LogP contribution in [0.5, 0.6) is 0 Å². The first kappa shape index (κ1) is 17.5. The van der Waals surface area contributed by atoms with Crippen molar-refractivity contribution in [2.45, 2.75) is 6.18 Å². The molecule has 3 rings (SSSR count). The number of rotatable bonds is 3. The van der Waals surface area contributed by atoms with Crippen molar-refractivity contribution in [3.63, 3.8) is 0 Å². The third-order valence-electron chi connectivity index (χ3n) is 3.56. The van der Waals surface area contributed by atoms with Crippen molar-refractivity contribution < 1.29 is 13.2 Å². The van der Waals surface area contributed by atoms with E-state index in [0.29, 0.717) is 11.1 Å². The molecule has 1 aromatic heterocycles. The Kier molecular flexibility index (Phi) is 4.55. The molecule has 0 saturated carbocycles. The van der Waals surface area contributed by atoms with Crippen LogP contribution in [0, 0.1) is 0 Å². The van der Waals surface area contributed by atoms with Gasteiger partial charge in [0, 0.05) is 35.3 Å². The Bertz CT molecular complexity index is 908. The molecule has 1 N–H and O–H groups in total. The molecular formula is C17H14BrF3N4. The topological polar surface area (TPSA) is 41.0 Å². The number of alkyl halides is 3. The van der Waals surface area contributed by atoms with Gasteiger partial charge in [-0.05, 0) is 42.5 Å². The highest BCUT2D eigenvalue weighted by molar-refractivity contribution is 9.10. The maximum atomic E-state index is 13.1. The number of nitrogens with zero attached hydrogens (tertiary/aromatic N) is 3. The number of benzene rings is 2. The molecule has 0 saturated heterocycles. The summed E-state index contributed by atoms with van der Waals surface area (Å²) >= 11 is 3.32. The Hall–Kier alpha value is -2.35. The highest BCUT2D eigenvalue weighted by atomic mass is 79.9. The first-order valence-corrected chi connectivity index (χ1v) is 8.12. The van der Waals surface area contributed by atoms with Crippen LogP contribution in [0.1, 0.15) is 5.82 Å². The molecule has 2 aromatic carbocycles. The highest BCUT2D eigenvalue weighted by Crippen LogP contribution is 2.32. The zero-order valence-corrected chi connectivity index (χ0v) is 15.0. The average Bonchev–Trinajstić information content (AvgIpc) is 2.54. The zero-order chi connectivity index (χ0) is 18.2. The Labute approximate surface area is 150 Å². The highest BCUT2D eigenvalue weighted by Gasteiger charge is 2.35. The van der Waals surface area contributed by atoms with Crippen LogP contribution in [-0.4, -0.2) is 24.1 Å². The molecular weight excluding hydrogens is 397 g/mol. The molecule has 25 heavy (non-hydrogen) atoms. The van der Waals surface area contributed by atoms with E-state index in [4.69, 9.17) is 0 Å². The second-order valence-corrected chi connectivity index (χ2v) is 6.54. The molecule has 0 spiro atoms. The summed E-state index contributed by atoms with van der Waals surface area (Å²) in [7, 11) is 3.82. The third kappa shape index (κ3) is 3.84. The van der Waals surface area contributed by atoms with Gasteiger partial charge in [-0.2, -0.15) is 13.2 Å². The summed E-state index contributed by atoms with van der Waals surface area (Å²) in [5.74, 6) is -1.06. The molecule has 8 heteroatoms. The van der Waals surface area contributed by atoms with E-state index in [1.165, 1.54) is 6.07 Å². The van der Waals surface area contributed by atoms with Crippen molar-refractivity contribution in [2.24, 2.45) is 0 Å². The number of hydrogen-bond acceptors (Lipinski definition) is 4. The van der Waals surface area contributed by atoms with Gasteiger partial charge in [-0.1, -0.05) is 15.9 Å². The summed E-state index contributed by atoms with van der Waals surface area (Å²) in [5.41, 5.74) is 1.84. The third-order valence-corrected chi connectivity index (χ3v) is 4.05. The molecule has 0 unspecified atom stereocenters. The van der Waals surface area contributed by atoms with Crippen molar-refractivity contribution in [1.29, 1.82) is 0 Å². The number of halogens is 4. The molecule has 0 bridgehead atoms. The lowest BCUT2D eigenvalue weighted by Gasteiger charge is -2.15. The van der Waals surface area contributed by atoms with Crippen LogP contribution in [0.3, 0.4) is 0 Å². The minimum Gasteiger partial charge on any atom is -0.378 e. The second-order valence-electron chi connectivity index (χ2n) is 5.62. The van der Waals surface area contributed by atoms with Crippen LogP contribution in [0.15, 0.2) is 46.9 Å². The molecule has 1 heterocycles. The van der Waals surface area contributed by atoms with Crippen LogP contribution in [0.2, 0.25) is 0 Å². The van der Waals surface area contributed by atoms with E-state index < -0.39 is 12.0 Å². The largest absolute Gasteiger partial charge is 0.451 e. The predicted molar refractivity (Wildman–Crippen MR) is 96.3 cm³/mol. The Morgan fingerprint density at radius 1 is 1.00 bits per heavy atom. The number of fused-ring (bicyclic) bond motifs is 1. The number of anilines is 3. The van der Waals surface area contributed by atoms with Gasteiger partial charge in [0.25, 0.3) is 0 Å². The summed E-state index contributed by atoms with van der Waals surface area (Å²) in [4.78, 5) is 9.24. The summed E-state index contributed by atoms with van der Waals surface area (Å²) < 4.78 is 40.0. The smallest absolute Gasteiger partial charge is 0.378 e. The van der Waals surface area contributed by atoms with Gasteiger partial charge in [0.1, 0.15) is 5.82 Å². The lowest BCUT2D eigenvalue weighted by atomic mass is 10.2. The minimum absolute atomic E-state index is 0.108. The van der Waals surface area contributed by atoms with Gasteiger partial charge in [-0.3, -0.25) is 0 Å². The van der Waals surface area contributed by atoms with Crippen LogP contribution in [0.4, 0.5) is 30.4 Å². The summed E-state index contributed by atoms with van der Waals surface area (Å²) in [5, 5.41) is 3.46. The minimum atomic E-state index is -4.62. The summed E-state index contributed by atoms with van der Waals surface area (Å²) in [6.07, 6.45) is -4.62. The molecule has 4 nitrogen and oxygen atoms in total. The Morgan fingerprint density at radius 2 is 1.68 bits per heavy atom. The first-order chi connectivity index (χ1) is 11.7. The normalized spacial score (nSPS) is 11.6. The fourth-order valence-electron chi connectivity index (χ4n) is 2.30. The Morgan fingerprint density at radius 3 is 2.28 bits per heavy atom. The van der Waals surface area contributed by atoms with E-state index in [2.05, 4.69) is 31.2 Å². The first-order valence-electron chi connectivity index (χ1n) is 7.33. The van der Waals surface area contributed by atoms with Gasteiger partial charge >= 0.3 is 6.18 Å². The SMILES string of the molecule is CN(C)c1ccc(Nc2nc(C(F)(F)F)nc3ccc(Br)cc23)cc1. The zero-order valence-electron chi connectivity index (χ0n) is 13.4. The van der Waals surface area contributed by atoms with E-state index >= 15 is 0 Å². The lowest BCUT2D eigenvalue weighted by molar-refractivity contribution is -0.144. The average molecular weight is 411 g/mol. The van der Waals surface area contributed by atoms with E-state index in [0.717, 1.165) is 10.2 Å². The van der Waals surface area contributed by atoms with Crippen molar-refractivity contribution in [1.82, 2.24) is 9.97 Å². The standard InChI is InChI=1S/C17H14BrF3N4/c1-25(2)12-6-4-11(5-7-12)22-15-13-9-10(18)3-8-14(13)23-16(24-15)17(19,20)21/h3-9H,1-2H3,(H,22,23,24). The monoisotopic (exact) mass is 410 g/mol. The molecule has 3 aromatic rings. The van der Waals surface area contributed by atoms with Gasteiger partial charge in [-0.25, -0.2) is 9.97 Å². The number of hydrogen-bond donors (Lipinski definition) is 1. The van der Waals surface area contributed by atoms with Crippen LogP contribution in [-0.2, 0) is 6.18 Å². The van der Waals surface area contributed by atoms with Crippen LogP contribution >= 0.6 is 15.9 Å². The molecule has 0 aliphatic rings. The molecule has 0 atom stereocenters. The van der Waals surface area contributed by atoms with Crippen molar-refractivity contribution in [2.75, 3.05) is 24.3 Å². The fraction of sp³-hybridized carbons (Fsp3) is 0.176. The lowest BCUT2D eigenvalue weighted by Crippen LogP contribution is -2.13. The molecule has 0 fully saturated rings. The van der Waals surface area contributed by atoms with Gasteiger partial charge in [0.05, 0.1) is 5.52 Å². The van der Waals surface area contributed by atoms with Crippen LogP contribution < -0.4 is 10.2 Å². The van der Waals surface area contributed by atoms with E-state index in [-0.39, 0.29) is 11.3 Å². The summed E-state index contributed by atoms with van der Waals surface area (Å²) in [6, 6.07) is 12.2.